The van der Waals surface area contributed by atoms with Crippen molar-refractivity contribution in [3.8, 4) is 0 Å². The van der Waals surface area contributed by atoms with Gasteiger partial charge in [-0.15, -0.1) is 0 Å². The number of primary amides is 1. The summed E-state index contributed by atoms with van der Waals surface area (Å²) >= 11 is 0. The summed E-state index contributed by atoms with van der Waals surface area (Å²) in [7, 11) is 0. The summed E-state index contributed by atoms with van der Waals surface area (Å²) in [4.78, 5) is 11.6. The maximum absolute atomic E-state index is 11.6. The van der Waals surface area contributed by atoms with Crippen LogP contribution in [0.15, 0.2) is 0 Å². The Bertz CT molecular complexity index is 269. The minimum atomic E-state index is -0.104. The van der Waals surface area contributed by atoms with E-state index in [2.05, 4.69) is 19.2 Å². The van der Waals surface area contributed by atoms with Gasteiger partial charge in [-0.1, -0.05) is 13.8 Å². The van der Waals surface area contributed by atoms with Crippen molar-refractivity contribution in [2.75, 3.05) is 6.54 Å². The van der Waals surface area contributed by atoms with Crippen LogP contribution in [-0.4, -0.2) is 18.5 Å². The van der Waals surface area contributed by atoms with Crippen molar-refractivity contribution in [2.45, 2.75) is 52.0 Å². The number of carbonyl (C=O) groups is 1. The van der Waals surface area contributed by atoms with Crippen molar-refractivity contribution in [1.82, 2.24) is 5.32 Å². The molecule has 0 aromatic rings. The molecule has 1 amide bonds. The lowest BCUT2D eigenvalue weighted by Gasteiger charge is -2.41. The minimum Gasteiger partial charge on any atom is -0.369 e. The Morgan fingerprint density at radius 1 is 1.18 bits per heavy atom. The van der Waals surface area contributed by atoms with Gasteiger partial charge < -0.3 is 11.1 Å². The molecule has 2 aliphatic rings. The molecule has 0 bridgehead atoms. The Kier molecular flexibility index (Phi) is 4.08. The number of nitrogens with one attached hydrogen (secondary N) is 1. The molecular weight excluding hydrogens is 212 g/mol. The Morgan fingerprint density at radius 3 is 2.41 bits per heavy atom. The summed E-state index contributed by atoms with van der Waals surface area (Å²) in [5, 5.41) is 3.56. The molecule has 1 aliphatic heterocycles. The van der Waals surface area contributed by atoms with Gasteiger partial charge in [0.1, 0.15) is 0 Å². The summed E-state index contributed by atoms with van der Waals surface area (Å²) < 4.78 is 0. The molecule has 17 heavy (non-hydrogen) atoms. The third kappa shape index (κ3) is 3.01. The van der Waals surface area contributed by atoms with E-state index < -0.39 is 0 Å². The van der Waals surface area contributed by atoms with Crippen molar-refractivity contribution in [3.05, 3.63) is 0 Å². The standard InChI is InChI=1S/C14H26N2O/c1-9-6-10(2)8-11(7-9)13-12(14(15)17)4-3-5-16-13/h9-13,16H,3-8H2,1-2H3,(H2,15,17). The molecule has 3 heteroatoms. The maximum atomic E-state index is 11.6. The van der Waals surface area contributed by atoms with Crippen molar-refractivity contribution in [3.63, 3.8) is 0 Å². The first-order valence-corrected chi connectivity index (χ1v) is 7.10. The molecule has 0 radical (unpaired) electrons. The summed E-state index contributed by atoms with van der Waals surface area (Å²) in [6.45, 7) is 5.73. The summed E-state index contributed by atoms with van der Waals surface area (Å²) in [5.41, 5.74) is 5.55. The highest BCUT2D eigenvalue weighted by molar-refractivity contribution is 5.77. The zero-order valence-electron chi connectivity index (χ0n) is 11.1. The number of hydrogen-bond donors (Lipinski definition) is 2. The fourth-order valence-corrected chi connectivity index (χ4v) is 4.03. The lowest BCUT2D eigenvalue weighted by molar-refractivity contribution is -0.124. The Hall–Kier alpha value is -0.570. The molecule has 1 saturated carbocycles. The SMILES string of the molecule is CC1CC(C)CC(C2NCCCC2C(N)=O)C1. The van der Waals surface area contributed by atoms with Crippen LogP contribution < -0.4 is 11.1 Å². The Morgan fingerprint density at radius 2 is 1.82 bits per heavy atom. The molecule has 4 unspecified atom stereocenters. The van der Waals surface area contributed by atoms with Gasteiger partial charge in [-0.2, -0.15) is 0 Å². The zero-order chi connectivity index (χ0) is 12.4. The van der Waals surface area contributed by atoms with Crippen molar-refractivity contribution in [2.24, 2.45) is 29.4 Å². The van der Waals surface area contributed by atoms with Gasteiger partial charge in [0.15, 0.2) is 0 Å². The first-order valence-electron chi connectivity index (χ1n) is 7.10. The van der Waals surface area contributed by atoms with Crippen molar-refractivity contribution < 1.29 is 4.79 Å². The summed E-state index contributed by atoms with van der Waals surface area (Å²) in [5.74, 6) is 2.19. The van der Waals surface area contributed by atoms with E-state index in [4.69, 9.17) is 5.73 Å². The van der Waals surface area contributed by atoms with Crippen LogP contribution in [0.3, 0.4) is 0 Å². The third-order valence-corrected chi connectivity index (χ3v) is 4.59. The van der Waals surface area contributed by atoms with Crippen LogP contribution in [0.5, 0.6) is 0 Å². The van der Waals surface area contributed by atoms with Crippen LogP contribution in [0, 0.1) is 23.7 Å². The van der Waals surface area contributed by atoms with E-state index in [0.29, 0.717) is 12.0 Å². The maximum Gasteiger partial charge on any atom is 0.222 e. The quantitative estimate of drug-likeness (QED) is 0.772. The molecule has 1 heterocycles. The van der Waals surface area contributed by atoms with Gasteiger partial charge in [0.25, 0.3) is 0 Å². The van der Waals surface area contributed by atoms with Gasteiger partial charge in [0.2, 0.25) is 5.91 Å². The second-order valence-corrected chi connectivity index (χ2v) is 6.31. The zero-order valence-corrected chi connectivity index (χ0v) is 11.1. The van der Waals surface area contributed by atoms with Crippen LogP contribution in [0.2, 0.25) is 0 Å². The molecule has 0 aromatic carbocycles. The molecular formula is C14H26N2O. The molecule has 4 atom stereocenters. The fraction of sp³-hybridized carbons (Fsp3) is 0.929. The van der Waals surface area contributed by atoms with Gasteiger partial charge in [0.05, 0.1) is 5.92 Å². The van der Waals surface area contributed by atoms with Gasteiger partial charge in [-0.05, 0) is 56.4 Å². The summed E-state index contributed by atoms with van der Waals surface area (Å²) in [6.07, 6.45) is 5.91. The van der Waals surface area contributed by atoms with E-state index in [1.807, 2.05) is 0 Å². The highest BCUT2D eigenvalue weighted by Gasteiger charge is 2.37. The topological polar surface area (TPSA) is 55.1 Å². The number of rotatable bonds is 2. The van der Waals surface area contributed by atoms with Crippen LogP contribution in [0.25, 0.3) is 0 Å². The van der Waals surface area contributed by atoms with Crippen LogP contribution in [0.4, 0.5) is 0 Å². The summed E-state index contributed by atoms with van der Waals surface area (Å²) in [6, 6.07) is 0.339. The average Bonchev–Trinajstić information content (AvgIpc) is 2.27. The highest BCUT2D eigenvalue weighted by Crippen LogP contribution is 2.38. The molecule has 1 saturated heterocycles. The highest BCUT2D eigenvalue weighted by atomic mass is 16.1. The van der Waals surface area contributed by atoms with Crippen LogP contribution in [0.1, 0.15) is 46.0 Å². The van der Waals surface area contributed by atoms with E-state index in [1.165, 1.54) is 19.3 Å². The number of piperidine rings is 1. The molecule has 2 fully saturated rings. The molecule has 98 valence electrons. The smallest absolute Gasteiger partial charge is 0.222 e. The predicted octanol–water partition coefficient (Wildman–Crippen LogP) is 1.91. The molecule has 1 aliphatic carbocycles. The van der Waals surface area contributed by atoms with Crippen molar-refractivity contribution in [1.29, 1.82) is 0 Å². The number of hydrogen-bond acceptors (Lipinski definition) is 2. The number of amides is 1. The van der Waals surface area contributed by atoms with Crippen LogP contribution >= 0.6 is 0 Å². The van der Waals surface area contributed by atoms with E-state index in [-0.39, 0.29) is 11.8 Å². The third-order valence-electron chi connectivity index (χ3n) is 4.59. The molecule has 2 rings (SSSR count). The van der Waals surface area contributed by atoms with Crippen LogP contribution in [-0.2, 0) is 4.79 Å². The lowest BCUT2D eigenvalue weighted by atomic mass is 9.69. The van der Waals surface area contributed by atoms with Crippen molar-refractivity contribution >= 4 is 5.91 Å². The molecule has 3 N–H and O–H groups in total. The average molecular weight is 238 g/mol. The van der Waals surface area contributed by atoms with E-state index in [0.717, 1.165) is 31.2 Å². The Labute approximate surface area is 105 Å². The van der Waals surface area contributed by atoms with E-state index >= 15 is 0 Å². The Balaban J connectivity index is 2.05. The second kappa shape index (κ2) is 5.38. The first-order chi connectivity index (χ1) is 8.08. The molecule has 3 nitrogen and oxygen atoms in total. The molecule has 0 spiro atoms. The predicted molar refractivity (Wildman–Crippen MR) is 69.4 cm³/mol. The van der Waals surface area contributed by atoms with Gasteiger partial charge >= 0.3 is 0 Å². The normalized spacial score (nSPS) is 43.3. The minimum absolute atomic E-state index is 0.0613. The van der Waals surface area contributed by atoms with Gasteiger partial charge in [-0.3, -0.25) is 4.79 Å². The van der Waals surface area contributed by atoms with Gasteiger partial charge in [-0.25, -0.2) is 0 Å². The first kappa shape index (κ1) is 12.9. The second-order valence-electron chi connectivity index (χ2n) is 6.31. The largest absolute Gasteiger partial charge is 0.369 e. The lowest BCUT2D eigenvalue weighted by Crippen LogP contribution is -2.52. The van der Waals surface area contributed by atoms with E-state index in [9.17, 15) is 4.79 Å². The number of nitrogens with two attached hydrogens (primary N) is 1. The van der Waals surface area contributed by atoms with E-state index in [1.54, 1.807) is 0 Å². The fourth-order valence-electron chi connectivity index (χ4n) is 4.03. The number of carbonyl (C=O) groups excluding carboxylic acids is 1. The van der Waals surface area contributed by atoms with Gasteiger partial charge in [0, 0.05) is 6.04 Å². The molecule has 0 aromatic heterocycles. The monoisotopic (exact) mass is 238 g/mol.